The molecule has 1 aromatic rings. The Kier molecular flexibility index (Phi) is 5.11. The lowest BCUT2D eigenvalue weighted by Gasteiger charge is -2.24. The van der Waals surface area contributed by atoms with Crippen molar-refractivity contribution in [3.05, 3.63) is 35.4 Å². The molecule has 1 N–H and O–H groups in total. The van der Waals surface area contributed by atoms with Gasteiger partial charge >= 0.3 is 0 Å². The van der Waals surface area contributed by atoms with Crippen molar-refractivity contribution in [1.82, 2.24) is 10.2 Å². The number of amides is 1. The highest BCUT2D eigenvalue weighted by molar-refractivity contribution is 7.98. The summed E-state index contributed by atoms with van der Waals surface area (Å²) in [5.41, 5.74) is 2.41. The van der Waals surface area contributed by atoms with E-state index in [1.165, 1.54) is 11.1 Å². The number of nitrogens with zero attached hydrogens (tertiary/aromatic N) is 1. The summed E-state index contributed by atoms with van der Waals surface area (Å²) in [6, 6.07) is 8.35. The highest BCUT2D eigenvalue weighted by Crippen LogP contribution is 2.28. The second kappa shape index (κ2) is 6.64. The predicted octanol–water partition coefficient (Wildman–Crippen LogP) is 2.81. The van der Waals surface area contributed by atoms with E-state index in [0.29, 0.717) is 5.92 Å². The maximum atomic E-state index is 12.6. The van der Waals surface area contributed by atoms with Gasteiger partial charge < -0.3 is 4.90 Å². The number of aryl methyl sites for hydroxylation is 1. The van der Waals surface area contributed by atoms with E-state index in [4.69, 9.17) is 0 Å². The van der Waals surface area contributed by atoms with Crippen LogP contribution in [0.4, 0.5) is 0 Å². The zero-order valence-electron chi connectivity index (χ0n) is 12.7. The van der Waals surface area contributed by atoms with E-state index < -0.39 is 0 Å². The van der Waals surface area contributed by atoms with Crippen molar-refractivity contribution in [2.45, 2.75) is 33.0 Å². The normalized spacial score (nSPS) is 22.9. The lowest BCUT2D eigenvalue weighted by atomic mass is 10.0. The molecule has 1 aromatic carbocycles. The van der Waals surface area contributed by atoms with Crippen molar-refractivity contribution in [3.63, 3.8) is 0 Å². The highest BCUT2D eigenvalue weighted by atomic mass is 32.2. The predicted molar refractivity (Wildman–Crippen MR) is 85.8 cm³/mol. The van der Waals surface area contributed by atoms with Gasteiger partial charge in [-0.05, 0) is 24.7 Å². The lowest BCUT2D eigenvalue weighted by molar-refractivity contribution is -0.130. The number of thioether (sulfide) groups is 1. The molecule has 2 unspecified atom stereocenters. The molecular formula is C16H24N2OS. The summed E-state index contributed by atoms with van der Waals surface area (Å²) in [7, 11) is 0. The summed E-state index contributed by atoms with van der Waals surface area (Å²) in [5.74, 6) is 1.52. The Labute approximate surface area is 126 Å². The van der Waals surface area contributed by atoms with E-state index in [2.05, 4.69) is 56.6 Å². The Morgan fingerprint density at radius 2 is 2.15 bits per heavy atom. The van der Waals surface area contributed by atoms with Crippen LogP contribution in [0.5, 0.6) is 0 Å². The first-order chi connectivity index (χ1) is 9.54. The van der Waals surface area contributed by atoms with Crippen LogP contribution < -0.4 is 5.32 Å². The molecule has 1 amide bonds. The molecule has 110 valence electrons. The molecule has 1 fully saturated rings. The van der Waals surface area contributed by atoms with Gasteiger partial charge in [-0.25, -0.2) is 0 Å². The summed E-state index contributed by atoms with van der Waals surface area (Å²) >= 11 is 1.78. The molecule has 0 aromatic heterocycles. The van der Waals surface area contributed by atoms with E-state index >= 15 is 0 Å². The Balaban J connectivity index is 2.26. The van der Waals surface area contributed by atoms with Gasteiger partial charge in [-0.15, -0.1) is 0 Å². The molecule has 1 saturated heterocycles. The van der Waals surface area contributed by atoms with Gasteiger partial charge in [-0.3, -0.25) is 10.1 Å². The van der Waals surface area contributed by atoms with Gasteiger partial charge in [-0.2, -0.15) is 11.8 Å². The van der Waals surface area contributed by atoms with Gasteiger partial charge in [0.25, 0.3) is 0 Å². The van der Waals surface area contributed by atoms with Gasteiger partial charge in [0.15, 0.2) is 0 Å². The molecule has 4 heteroatoms. The molecule has 20 heavy (non-hydrogen) atoms. The van der Waals surface area contributed by atoms with Crippen molar-refractivity contribution in [2.75, 3.05) is 18.6 Å². The minimum Gasteiger partial charge on any atom is -0.321 e. The van der Waals surface area contributed by atoms with Crippen molar-refractivity contribution in [2.24, 2.45) is 5.92 Å². The minimum absolute atomic E-state index is 0.0157. The van der Waals surface area contributed by atoms with Crippen molar-refractivity contribution in [1.29, 1.82) is 0 Å². The topological polar surface area (TPSA) is 32.3 Å². The molecule has 0 bridgehead atoms. The average molecular weight is 292 g/mol. The zero-order chi connectivity index (χ0) is 14.7. The molecule has 2 atom stereocenters. The monoisotopic (exact) mass is 292 g/mol. The quantitative estimate of drug-likeness (QED) is 0.906. The summed E-state index contributed by atoms with van der Waals surface area (Å²) in [4.78, 5) is 14.6. The molecular weight excluding hydrogens is 268 g/mol. The number of carbonyl (C=O) groups is 1. The largest absolute Gasteiger partial charge is 0.321 e. The SMILES string of the molecule is CSCCN1C(=O)C(C(C)C)NC1c1cccc(C)c1. The number of rotatable bonds is 5. The molecule has 1 aliphatic heterocycles. The minimum atomic E-state index is -0.0673. The van der Waals surface area contributed by atoms with Gasteiger partial charge in [0.2, 0.25) is 5.91 Å². The smallest absolute Gasteiger partial charge is 0.241 e. The average Bonchev–Trinajstić information content (AvgIpc) is 2.74. The zero-order valence-corrected chi connectivity index (χ0v) is 13.5. The first-order valence-corrected chi connectivity index (χ1v) is 8.56. The maximum Gasteiger partial charge on any atom is 0.241 e. The van der Waals surface area contributed by atoms with Crippen LogP contribution >= 0.6 is 11.8 Å². The van der Waals surface area contributed by atoms with Crippen LogP contribution in [0.2, 0.25) is 0 Å². The molecule has 1 heterocycles. The van der Waals surface area contributed by atoms with Gasteiger partial charge in [0, 0.05) is 12.3 Å². The fraction of sp³-hybridized carbons (Fsp3) is 0.562. The first kappa shape index (κ1) is 15.4. The Hall–Kier alpha value is -1.00. The molecule has 0 radical (unpaired) electrons. The van der Waals surface area contributed by atoms with E-state index in [9.17, 15) is 4.79 Å². The fourth-order valence-electron chi connectivity index (χ4n) is 2.66. The van der Waals surface area contributed by atoms with Crippen LogP contribution in [0.25, 0.3) is 0 Å². The van der Waals surface area contributed by atoms with Crippen LogP contribution in [0, 0.1) is 12.8 Å². The van der Waals surface area contributed by atoms with Gasteiger partial charge in [0.1, 0.15) is 6.17 Å². The van der Waals surface area contributed by atoms with Crippen LogP contribution in [0.3, 0.4) is 0 Å². The summed E-state index contributed by atoms with van der Waals surface area (Å²) in [5, 5.41) is 3.51. The lowest BCUT2D eigenvalue weighted by Crippen LogP contribution is -2.35. The third-order valence-electron chi connectivity index (χ3n) is 3.76. The molecule has 3 nitrogen and oxygen atoms in total. The number of hydrogen-bond acceptors (Lipinski definition) is 3. The number of benzene rings is 1. The van der Waals surface area contributed by atoms with Crippen LogP contribution in [-0.4, -0.2) is 35.4 Å². The fourth-order valence-corrected chi connectivity index (χ4v) is 3.04. The standard InChI is InChI=1S/C16H24N2OS/c1-11(2)14-16(19)18(8-9-20-4)15(17-14)13-7-5-6-12(3)10-13/h5-7,10-11,14-15,17H,8-9H2,1-4H3. The number of carbonyl (C=O) groups excluding carboxylic acids is 1. The van der Waals surface area contributed by atoms with Crippen LogP contribution in [0.1, 0.15) is 31.1 Å². The van der Waals surface area contributed by atoms with Crippen molar-refractivity contribution < 1.29 is 4.79 Å². The molecule has 0 spiro atoms. The van der Waals surface area contributed by atoms with E-state index in [0.717, 1.165) is 12.3 Å². The van der Waals surface area contributed by atoms with Crippen LogP contribution in [-0.2, 0) is 4.79 Å². The third kappa shape index (κ3) is 3.18. The van der Waals surface area contributed by atoms with E-state index in [-0.39, 0.29) is 18.1 Å². The molecule has 1 aliphatic rings. The molecule has 2 rings (SSSR count). The Bertz CT molecular complexity index is 475. The Morgan fingerprint density at radius 3 is 2.75 bits per heavy atom. The summed E-state index contributed by atoms with van der Waals surface area (Å²) in [6.07, 6.45) is 2.09. The first-order valence-electron chi connectivity index (χ1n) is 7.16. The summed E-state index contributed by atoms with van der Waals surface area (Å²) in [6.45, 7) is 7.09. The second-order valence-corrected chi connectivity index (χ2v) is 6.72. The van der Waals surface area contributed by atoms with E-state index in [1.54, 1.807) is 11.8 Å². The van der Waals surface area contributed by atoms with Crippen molar-refractivity contribution >= 4 is 17.7 Å². The Morgan fingerprint density at radius 1 is 1.40 bits per heavy atom. The third-order valence-corrected chi connectivity index (χ3v) is 4.35. The van der Waals surface area contributed by atoms with Gasteiger partial charge in [0.05, 0.1) is 6.04 Å². The molecule has 0 aliphatic carbocycles. The van der Waals surface area contributed by atoms with Gasteiger partial charge in [-0.1, -0.05) is 43.7 Å². The van der Waals surface area contributed by atoms with E-state index in [1.807, 2.05) is 4.90 Å². The second-order valence-electron chi connectivity index (χ2n) is 5.73. The number of hydrogen-bond donors (Lipinski definition) is 1. The maximum absolute atomic E-state index is 12.6. The highest BCUT2D eigenvalue weighted by Gasteiger charge is 2.40. The summed E-state index contributed by atoms with van der Waals surface area (Å²) < 4.78 is 0. The molecule has 0 saturated carbocycles. The van der Waals surface area contributed by atoms with Crippen LogP contribution in [0.15, 0.2) is 24.3 Å². The number of nitrogens with one attached hydrogen (secondary N) is 1. The van der Waals surface area contributed by atoms with Crippen molar-refractivity contribution in [3.8, 4) is 0 Å².